The predicted octanol–water partition coefficient (Wildman–Crippen LogP) is 1.51. The van der Waals surface area contributed by atoms with Crippen LogP contribution in [0.4, 0.5) is 0 Å². The number of benzene rings is 2. The molecular formula is C21H22N4O5S. The third-order valence-electron chi connectivity index (χ3n) is 5.67. The summed E-state index contributed by atoms with van der Waals surface area (Å²) in [6, 6.07) is 13.7. The SMILES string of the molecule is N#Cc1ccc(Oc2ccc(S(=O)(=O)N3CCC4OCCC4C3C(=O)NN)cc2)cc1. The first kappa shape index (κ1) is 21.3. The molecule has 0 radical (unpaired) electrons. The van der Waals surface area contributed by atoms with E-state index >= 15 is 0 Å². The van der Waals surface area contributed by atoms with Crippen molar-refractivity contribution in [2.24, 2.45) is 11.8 Å². The summed E-state index contributed by atoms with van der Waals surface area (Å²) < 4.78 is 39.3. The Labute approximate surface area is 180 Å². The van der Waals surface area contributed by atoms with Gasteiger partial charge in [0, 0.05) is 19.1 Å². The van der Waals surface area contributed by atoms with Crippen molar-refractivity contribution in [1.82, 2.24) is 9.73 Å². The van der Waals surface area contributed by atoms with Crippen molar-refractivity contribution >= 4 is 15.9 Å². The van der Waals surface area contributed by atoms with Gasteiger partial charge in [-0.2, -0.15) is 9.57 Å². The molecule has 10 heteroatoms. The number of nitrogens with one attached hydrogen (secondary N) is 1. The maximum Gasteiger partial charge on any atom is 0.252 e. The van der Waals surface area contributed by atoms with Crippen LogP contribution in [0.15, 0.2) is 53.4 Å². The summed E-state index contributed by atoms with van der Waals surface area (Å²) in [5.41, 5.74) is 2.62. The van der Waals surface area contributed by atoms with Crippen LogP contribution in [-0.4, -0.2) is 43.9 Å². The average Bonchev–Trinajstić information content (AvgIpc) is 3.27. The van der Waals surface area contributed by atoms with Crippen molar-refractivity contribution in [2.45, 2.75) is 29.9 Å². The largest absolute Gasteiger partial charge is 0.457 e. The summed E-state index contributed by atoms with van der Waals surface area (Å²) in [7, 11) is -3.93. The molecule has 31 heavy (non-hydrogen) atoms. The zero-order valence-electron chi connectivity index (χ0n) is 16.6. The molecule has 2 aromatic rings. The van der Waals surface area contributed by atoms with Crippen molar-refractivity contribution in [1.29, 1.82) is 5.26 Å². The van der Waals surface area contributed by atoms with Gasteiger partial charge in [-0.25, -0.2) is 14.3 Å². The molecule has 2 aliphatic heterocycles. The van der Waals surface area contributed by atoms with Crippen molar-refractivity contribution in [3.63, 3.8) is 0 Å². The van der Waals surface area contributed by atoms with Crippen molar-refractivity contribution < 1.29 is 22.7 Å². The molecule has 1 amide bonds. The fourth-order valence-corrected chi connectivity index (χ4v) is 5.81. The van der Waals surface area contributed by atoms with Crippen LogP contribution < -0.4 is 16.0 Å². The van der Waals surface area contributed by atoms with E-state index in [0.29, 0.717) is 36.5 Å². The lowest BCUT2D eigenvalue weighted by Gasteiger charge is -2.39. The maximum atomic E-state index is 13.3. The molecule has 162 valence electrons. The van der Waals surface area contributed by atoms with Gasteiger partial charge in [0.1, 0.15) is 17.5 Å². The Bertz CT molecular complexity index is 1100. The lowest BCUT2D eigenvalue weighted by atomic mass is 9.87. The molecule has 2 heterocycles. The third kappa shape index (κ3) is 4.13. The Kier molecular flexibility index (Phi) is 5.93. The summed E-state index contributed by atoms with van der Waals surface area (Å²) in [5.74, 6) is 5.55. The molecule has 3 unspecified atom stereocenters. The fourth-order valence-electron chi connectivity index (χ4n) is 4.16. The second-order valence-corrected chi connectivity index (χ2v) is 9.32. The van der Waals surface area contributed by atoms with E-state index in [9.17, 15) is 13.2 Å². The lowest BCUT2D eigenvalue weighted by Crippen LogP contribution is -2.59. The zero-order valence-corrected chi connectivity index (χ0v) is 17.4. The molecular weight excluding hydrogens is 420 g/mol. The number of carbonyl (C=O) groups is 1. The first-order valence-electron chi connectivity index (χ1n) is 9.86. The molecule has 2 aromatic carbocycles. The van der Waals surface area contributed by atoms with E-state index in [1.54, 1.807) is 36.4 Å². The number of hydrogen-bond donors (Lipinski definition) is 2. The number of amides is 1. The number of rotatable bonds is 5. The lowest BCUT2D eigenvalue weighted by molar-refractivity contribution is -0.129. The maximum absolute atomic E-state index is 13.3. The second kappa shape index (κ2) is 8.64. The molecule has 0 saturated carbocycles. The second-order valence-electron chi connectivity index (χ2n) is 7.43. The van der Waals surface area contributed by atoms with Crippen molar-refractivity contribution in [3.05, 3.63) is 54.1 Å². The van der Waals surface area contributed by atoms with Gasteiger partial charge in [0.2, 0.25) is 10.0 Å². The summed E-state index contributed by atoms with van der Waals surface area (Å²) in [6.45, 7) is 0.671. The predicted molar refractivity (Wildman–Crippen MR) is 110 cm³/mol. The van der Waals surface area contributed by atoms with Crippen molar-refractivity contribution in [2.75, 3.05) is 13.2 Å². The summed E-state index contributed by atoms with van der Waals surface area (Å²) in [4.78, 5) is 12.5. The van der Waals surface area contributed by atoms with Gasteiger partial charge < -0.3 is 9.47 Å². The highest BCUT2D eigenvalue weighted by Crippen LogP contribution is 2.37. The van der Waals surface area contributed by atoms with Crippen LogP contribution >= 0.6 is 0 Å². The Balaban J connectivity index is 1.56. The van der Waals surface area contributed by atoms with Gasteiger partial charge >= 0.3 is 0 Å². The minimum atomic E-state index is -3.93. The molecule has 0 aromatic heterocycles. The Morgan fingerprint density at radius 2 is 1.77 bits per heavy atom. The average molecular weight is 442 g/mol. The number of piperidine rings is 1. The number of nitriles is 1. The zero-order chi connectivity index (χ0) is 22.0. The number of carbonyl (C=O) groups excluding carboxylic acids is 1. The molecule has 2 aliphatic rings. The molecule has 9 nitrogen and oxygen atoms in total. The first-order valence-corrected chi connectivity index (χ1v) is 11.3. The molecule has 3 N–H and O–H groups in total. The highest BCUT2D eigenvalue weighted by molar-refractivity contribution is 7.89. The van der Waals surface area contributed by atoms with Gasteiger partial charge in [-0.3, -0.25) is 10.2 Å². The highest BCUT2D eigenvalue weighted by atomic mass is 32.2. The van der Waals surface area contributed by atoms with Gasteiger partial charge in [0.05, 0.1) is 22.6 Å². The quantitative estimate of drug-likeness (QED) is 0.407. The minimum Gasteiger partial charge on any atom is -0.457 e. The van der Waals surface area contributed by atoms with Crippen LogP contribution in [0, 0.1) is 17.2 Å². The van der Waals surface area contributed by atoms with Crippen LogP contribution in [0.5, 0.6) is 11.5 Å². The minimum absolute atomic E-state index is 0.0619. The van der Waals surface area contributed by atoms with Gasteiger partial charge in [-0.1, -0.05) is 0 Å². The van der Waals surface area contributed by atoms with E-state index in [0.717, 1.165) is 0 Å². The van der Waals surface area contributed by atoms with Crippen LogP contribution in [0.1, 0.15) is 18.4 Å². The molecule has 0 bridgehead atoms. The van der Waals surface area contributed by atoms with E-state index in [4.69, 9.17) is 20.6 Å². The number of ether oxygens (including phenoxy) is 2. The molecule has 2 saturated heterocycles. The molecule has 3 atom stereocenters. The van der Waals surface area contributed by atoms with E-state index in [-0.39, 0.29) is 23.5 Å². The summed E-state index contributed by atoms with van der Waals surface area (Å²) >= 11 is 0. The third-order valence-corrected chi connectivity index (χ3v) is 7.57. The van der Waals surface area contributed by atoms with Gasteiger partial charge in [-0.05, 0) is 61.4 Å². The fraction of sp³-hybridized carbons (Fsp3) is 0.333. The van der Waals surface area contributed by atoms with Gasteiger partial charge in [-0.15, -0.1) is 0 Å². The Morgan fingerprint density at radius 1 is 1.13 bits per heavy atom. The topological polar surface area (TPSA) is 135 Å². The standard InChI is InChI=1S/C21H22N4O5S/c22-13-14-1-3-15(4-2-14)30-16-5-7-17(8-6-16)31(27,28)25-11-9-19-18(10-12-29-19)20(25)21(26)24-23/h1-8,18-20H,9-12,23H2,(H,24,26). The molecule has 2 fully saturated rings. The molecule has 4 rings (SSSR count). The monoisotopic (exact) mass is 442 g/mol. The normalized spacial score (nSPS) is 23.5. The Hall–Kier alpha value is -2.97. The molecule has 0 spiro atoms. The van der Waals surface area contributed by atoms with E-state index in [1.165, 1.54) is 16.4 Å². The van der Waals surface area contributed by atoms with E-state index in [1.807, 2.05) is 6.07 Å². The summed E-state index contributed by atoms with van der Waals surface area (Å²) in [6.07, 6.45) is 0.988. The number of nitrogens with two attached hydrogens (primary N) is 1. The number of hydrazine groups is 1. The van der Waals surface area contributed by atoms with Crippen LogP contribution in [-0.2, 0) is 19.6 Å². The van der Waals surface area contributed by atoms with E-state index in [2.05, 4.69) is 5.43 Å². The van der Waals surface area contributed by atoms with Crippen molar-refractivity contribution in [3.8, 4) is 17.6 Å². The number of hydrogen-bond acceptors (Lipinski definition) is 7. The smallest absolute Gasteiger partial charge is 0.252 e. The van der Waals surface area contributed by atoms with Crippen LogP contribution in [0.25, 0.3) is 0 Å². The highest BCUT2D eigenvalue weighted by Gasteiger charge is 2.49. The van der Waals surface area contributed by atoms with Gasteiger partial charge in [0.15, 0.2) is 0 Å². The number of fused-ring (bicyclic) bond motifs is 1. The molecule has 0 aliphatic carbocycles. The van der Waals surface area contributed by atoms with E-state index < -0.39 is 22.0 Å². The van der Waals surface area contributed by atoms with Gasteiger partial charge in [0.25, 0.3) is 5.91 Å². The van der Waals surface area contributed by atoms with Crippen LogP contribution in [0.3, 0.4) is 0 Å². The number of nitrogens with zero attached hydrogens (tertiary/aromatic N) is 2. The Morgan fingerprint density at radius 3 is 2.39 bits per heavy atom. The first-order chi connectivity index (χ1) is 14.9. The van der Waals surface area contributed by atoms with Crippen LogP contribution in [0.2, 0.25) is 0 Å². The summed E-state index contributed by atoms with van der Waals surface area (Å²) in [5, 5.41) is 8.86. The number of sulfonamides is 1.